The van der Waals surface area contributed by atoms with Crippen LogP contribution in [0.3, 0.4) is 0 Å². The molecule has 0 bridgehead atoms. The number of aryl methyl sites for hydroxylation is 2. The van der Waals surface area contributed by atoms with E-state index in [1.807, 2.05) is 0 Å². The summed E-state index contributed by atoms with van der Waals surface area (Å²) in [5.74, 6) is 0.814. The fourth-order valence-electron chi connectivity index (χ4n) is 4.23. The first-order chi connectivity index (χ1) is 15.0. The van der Waals surface area contributed by atoms with Crippen molar-refractivity contribution in [2.24, 2.45) is 5.92 Å². The molecule has 3 rings (SSSR count). The van der Waals surface area contributed by atoms with Gasteiger partial charge in [-0.15, -0.1) is 0 Å². The topological polar surface area (TPSA) is 0 Å². The van der Waals surface area contributed by atoms with Gasteiger partial charge in [0.25, 0.3) is 0 Å². The predicted octanol–water partition coefficient (Wildman–Crippen LogP) is 9.15. The minimum Gasteiger partial charge on any atom is -0.0911 e. The maximum atomic E-state index is 4.31. The lowest BCUT2D eigenvalue weighted by molar-refractivity contribution is 0.486. The summed E-state index contributed by atoms with van der Waals surface area (Å²) in [7, 11) is 0. The number of hydrogen-bond donors (Lipinski definition) is 0. The number of benzene rings is 3. The predicted molar refractivity (Wildman–Crippen MR) is 138 cm³/mol. The molecule has 0 saturated heterocycles. The van der Waals surface area contributed by atoms with Crippen LogP contribution in [-0.2, 0) is 6.42 Å². The van der Waals surface area contributed by atoms with Crippen molar-refractivity contribution in [3.05, 3.63) is 108 Å². The van der Waals surface area contributed by atoms with Gasteiger partial charge in [0.1, 0.15) is 0 Å². The van der Waals surface area contributed by atoms with Crippen molar-refractivity contribution in [3.8, 4) is 11.1 Å². The van der Waals surface area contributed by atoms with Gasteiger partial charge in [-0.1, -0.05) is 112 Å². The Morgan fingerprint density at radius 1 is 0.871 bits per heavy atom. The second kappa shape index (κ2) is 11.0. The van der Waals surface area contributed by atoms with Gasteiger partial charge in [-0.25, -0.2) is 0 Å². The first kappa shape index (κ1) is 22.8. The van der Waals surface area contributed by atoms with Crippen molar-refractivity contribution in [2.45, 2.75) is 53.4 Å². The van der Waals surface area contributed by atoms with Gasteiger partial charge in [-0.3, -0.25) is 0 Å². The summed E-state index contributed by atoms with van der Waals surface area (Å²) in [4.78, 5) is 0. The summed E-state index contributed by atoms with van der Waals surface area (Å²) in [5.41, 5.74) is 10.00. The monoisotopic (exact) mass is 408 g/mol. The Labute approximate surface area is 189 Å². The van der Waals surface area contributed by atoms with Gasteiger partial charge in [0.15, 0.2) is 0 Å². The van der Waals surface area contributed by atoms with Gasteiger partial charge >= 0.3 is 0 Å². The zero-order valence-corrected chi connectivity index (χ0v) is 19.6. The average molecular weight is 409 g/mol. The number of rotatable bonds is 9. The SMILES string of the molecule is C=C(/C=C(/C)c1ccccc1C)c1ccc(-c2ccc(CCC(C)CCC)cc2)cc1. The third-order valence-corrected chi connectivity index (χ3v) is 6.21. The minimum absolute atomic E-state index is 0.814. The number of hydrogen-bond acceptors (Lipinski definition) is 0. The Kier molecular flexibility index (Phi) is 8.06. The van der Waals surface area contributed by atoms with E-state index in [0.29, 0.717) is 0 Å². The molecule has 0 fully saturated rings. The Bertz CT molecular complexity index is 1020. The quantitative estimate of drug-likeness (QED) is 0.310. The van der Waals surface area contributed by atoms with E-state index in [1.165, 1.54) is 64.6 Å². The van der Waals surface area contributed by atoms with Gasteiger partial charge in [0.2, 0.25) is 0 Å². The van der Waals surface area contributed by atoms with E-state index in [2.05, 4.69) is 113 Å². The van der Waals surface area contributed by atoms with Gasteiger partial charge in [0.05, 0.1) is 0 Å². The number of allylic oxidation sites excluding steroid dienone is 3. The molecule has 0 amide bonds. The molecule has 1 atom stereocenters. The first-order valence-electron chi connectivity index (χ1n) is 11.6. The molecular weight excluding hydrogens is 372 g/mol. The summed E-state index contributed by atoms with van der Waals surface area (Å²) in [6.07, 6.45) is 7.25. The maximum absolute atomic E-state index is 4.31. The largest absolute Gasteiger partial charge is 0.0911 e. The van der Waals surface area contributed by atoms with E-state index >= 15 is 0 Å². The Morgan fingerprint density at radius 3 is 2.10 bits per heavy atom. The van der Waals surface area contributed by atoms with Crippen LogP contribution in [0.2, 0.25) is 0 Å². The summed E-state index contributed by atoms with van der Waals surface area (Å²) in [5, 5.41) is 0. The van der Waals surface area contributed by atoms with E-state index in [1.54, 1.807) is 0 Å². The van der Waals surface area contributed by atoms with Crippen LogP contribution < -0.4 is 0 Å². The Hall–Kier alpha value is -2.86. The lowest BCUT2D eigenvalue weighted by Crippen LogP contribution is -1.96. The normalized spacial score (nSPS) is 12.6. The standard InChI is InChI=1S/C31H36/c1-6-9-23(2)12-13-27-14-16-29(17-15-27)30-20-18-28(19-21-30)25(4)22-26(5)31-11-8-7-10-24(31)3/h7-8,10-11,14-23H,4,6,9,12-13H2,1-3,5H3/b26-22-. The summed E-state index contributed by atoms with van der Waals surface area (Å²) in [6, 6.07) is 26.4. The van der Waals surface area contributed by atoms with Crippen molar-refractivity contribution < 1.29 is 0 Å². The molecule has 1 unspecified atom stereocenters. The molecule has 0 aliphatic heterocycles. The van der Waals surface area contributed by atoms with Crippen LogP contribution >= 0.6 is 0 Å². The maximum Gasteiger partial charge on any atom is -0.0184 e. The van der Waals surface area contributed by atoms with Crippen molar-refractivity contribution >= 4 is 11.1 Å². The molecule has 0 N–H and O–H groups in total. The van der Waals surface area contributed by atoms with E-state index in [4.69, 9.17) is 0 Å². The van der Waals surface area contributed by atoms with Crippen LogP contribution in [0.1, 0.15) is 62.3 Å². The van der Waals surface area contributed by atoms with Gasteiger partial charge in [0, 0.05) is 0 Å². The third-order valence-electron chi connectivity index (χ3n) is 6.21. The molecule has 160 valence electrons. The highest BCUT2D eigenvalue weighted by Crippen LogP contribution is 2.26. The molecule has 3 aromatic carbocycles. The Balaban J connectivity index is 1.66. The van der Waals surface area contributed by atoms with Gasteiger partial charge in [-0.2, -0.15) is 0 Å². The molecule has 0 spiro atoms. The average Bonchev–Trinajstić information content (AvgIpc) is 2.78. The summed E-state index contributed by atoms with van der Waals surface area (Å²) in [6.45, 7) is 13.3. The molecule has 0 saturated carbocycles. The van der Waals surface area contributed by atoms with Crippen LogP contribution in [0.5, 0.6) is 0 Å². The van der Waals surface area contributed by atoms with Crippen LogP contribution in [0.15, 0.2) is 85.5 Å². The van der Waals surface area contributed by atoms with E-state index in [0.717, 1.165) is 11.5 Å². The van der Waals surface area contributed by atoms with Gasteiger partial charge in [-0.05, 0) is 77.1 Å². The zero-order valence-electron chi connectivity index (χ0n) is 19.6. The molecule has 0 nitrogen and oxygen atoms in total. The third kappa shape index (κ3) is 6.31. The van der Waals surface area contributed by atoms with Crippen molar-refractivity contribution in [1.82, 2.24) is 0 Å². The van der Waals surface area contributed by atoms with Crippen LogP contribution in [0.25, 0.3) is 22.3 Å². The van der Waals surface area contributed by atoms with E-state index < -0.39 is 0 Å². The second-order valence-corrected chi connectivity index (χ2v) is 8.87. The fraction of sp³-hybridized carbons (Fsp3) is 0.290. The lowest BCUT2D eigenvalue weighted by atomic mass is 9.95. The highest BCUT2D eigenvalue weighted by atomic mass is 14.1. The van der Waals surface area contributed by atoms with Crippen molar-refractivity contribution in [3.63, 3.8) is 0 Å². The summed E-state index contributed by atoms with van der Waals surface area (Å²) >= 11 is 0. The zero-order chi connectivity index (χ0) is 22.2. The molecule has 31 heavy (non-hydrogen) atoms. The van der Waals surface area contributed by atoms with Crippen LogP contribution in [-0.4, -0.2) is 0 Å². The molecule has 3 aromatic rings. The lowest BCUT2D eigenvalue weighted by Gasteiger charge is -2.11. The molecule has 0 aliphatic rings. The Morgan fingerprint density at radius 2 is 1.48 bits per heavy atom. The molecular formula is C31H36. The molecule has 0 heterocycles. The fourth-order valence-corrected chi connectivity index (χ4v) is 4.23. The van der Waals surface area contributed by atoms with Crippen molar-refractivity contribution in [1.29, 1.82) is 0 Å². The first-order valence-corrected chi connectivity index (χ1v) is 11.6. The highest BCUT2D eigenvalue weighted by Gasteiger charge is 2.05. The van der Waals surface area contributed by atoms with E-state index in [-0.39, 0.29) is 0 Å². The molecule has 0 aromatic heterocycles. The van der Waals surface area contributed by atoms with Crippen LogP contribution in [0.4, 0.5) is 0 Å². The highest BCUT2D eigenvalue weighted by molar-refractivity contribution is 5.83. The van der Waals surface area contributed by atoms with E-state index in [9.17, 15) is 0 Å². The minimum atomic E-state index is 0.814. The molecule has 0 aliphatic carbocycles. The smallest absolute Gasteiger partial charge is 0.0184 e. The van der Waals surface area contributed by atoms with Crippen LogP contribution in [0, 0.1) is 12.8 Å². The second-order valence-electron chi connectivity index (χ2n) is 8.87. The summed E-state index contributed by atoms with van der Waals surface area (Å²) < 4.78 is 0. The molecule has 0 radical (unpaired) electrons. The van der Waals surface area contributed by atoms with Gasteiger partial charge < -0.3 is 0 Å². The molecule has 0 heteroatoms. The van der Waals surface area contributed by atoms with Crippen molar-refractivity contribution in [2.75, 3.05) is 0 Å².